The van der Waals surface area contributed by atoms with Gasteiger partial charge in [0.05, 0.1) is 10.4 Å². The molecule has 3 aromatic heterocycles. The molecule has 0 amide bonds. The summed E-state index contributed by atoms with van der Waals surface area (Å²) in [5.41, 5.74) is 5.00. The number of benzene rings is 3. The molecule has 0 bridgehead atoms. The van der Waals surface area contributed by atoms with Crippen molar-refractivity contribution in [3.05, 3.63) is 89.9 Å². The van der Waals surface area contributed by atoms with E-state index < -0.39 is 0 Å². The Balaban J connectivity index is 1.60. The van der Waals surface area contributed by atoms with Gasteiger partial charge in [-0.15, -0.1) is 22.7 Å². The van der Waals surface area contributed by atoms with Crippen LogP contribution in [-0.4, -0.2) is 4.98 Å². The normalized spacial score (nSPS) is 12.2. The summed E-state index contributed by atoms with van der Waals surface area (Å²) in [5, 5.41) is 7.37. The molecule has 6 rings (SSSR count). The summed E-state index contributed by atoms with van der Waals surface area (Å²) < 4.78 is 2.59. The van der Waals surface area contributed by atoms with Crippen LogP contribution >= 0.6 is 22.7 Å². The minimum Gasteiger partial charge on any atom is -0.255 e. The summed E-state index contributed by atoms with van der Waals surface area (Å²) in [6.07, 6.45) is 1.95. The fraction of sp³-hybridized carbons (Fsp3) is 0.138. The zero-order chi connectivity index (χ0) is 21.9. The third-order valence-electron chi connectivity index (χ3n) is 6.14. The minimum absolute atomic E-state index is 0.0543. The second-order valence-electron chi connectivity index (χ2n) is 9.32. The van der Waals surface area contributed by atoms with E-state index in [0.717, 1.165) is 5.69 Å². The molecule has 1 nitrogen and oxygen atoms in total. The molecular weight excluding hydrogens is 426 g/mol. The van der Waals surface area contributed by atoms with Crippen LogP contribution in [0.2, 0.25) is 0 Å². The highest BCUT2D eigenvalue weighted by atomic mass is 32.1. The standard InChI is InChI=1S/C29H23NS2/c1-29(2,3)24-16-20(15-18-7-4-5-8-21(18)24)27-28-19(11-13-30-27)17-26(32-28)22-9-6-10-25-23(22)12-14-31-25/h4-17H,1-3H3. The van der Waals surface area contributed by atoms with Crippen molar-refractivity contribution >= 4 is 53.6 Å². The first kappa shape index (κ1) is 19.7. The number of thiophene rings is 2. The Hall–Kier alpha value is -3.01. The fourth-order valence-electron chi connectivity index (χ4n) is 4.58. The molecule has 3 heterocycles. The van der Waals surface area contributed by atoms with Crippen molar-refractivity contribution in [1.29, 1.82) is 0 Å². The van der Waals surface area contributed by atoms with E-state index in [2.05, 4.69) is 98.9 Å². The van der Waals surface area contributed by atoms with Gasteiger partial charge in [-0.25, -0.2) is 0 Å². The van der Waals surface area contributed by atoms with Gasteiger partial charge in [0.25, 0.3) is 0 Å². The number of rotatable bonds is 2. The van der Waals surface area contributed by atoms with Crippen molar-refractivity contribution in [2.45, 2.75) is 26.2 Å². The maximum Gasteiger partial charge on any atom is 0.0880 e. The van der Waals surface area contributed by atoms with Gasteiger partial charge in [0, 0.05) is 32.3 Å². The molecule has 0 spiro atoms. The quantitative estimate of drug-likeness (QED) is 0.257. The first-order chi connectivity index (χ1) is 15.5. The van der Waals surface area contributed by atoms with Gasteiger partial charge in [0.1, 0.15) is 0 Å². The number of fused-ring (bicyclic) bond motifs is 3. The van der Waals surface area contributed by atoms with Gasteiger partial charge in [-0.1, -0.05) is 57.2 Å². The smallest absolute Gasteiger partial charge is 0.0880 e. The Morgan fingerprint density at radius 1 is 0.781 bits per heavy atom. The number of hydrogen-bond donors (Lipinski definition) is 0. The Labute approximate surface area is 196 Å². The summed E-state index contributed by atoms with van der Waals surface area (Å²) >= 11 is 3.65. The fourth-order valence-corrected chi connectivity index (χ4v) is 6.60. The van der Waals surface area contributed by atoms with Crippen molar-refractivity contribution in [1.82, 2.24) is 4.98 Å². The molecule has 6 aromatic rings. The van der Waals surface area contributed by atoms with E-state index in [9.17, 15) is 0 Å². The van der Waals surface area contributed by atoms with Crippen molar-refractivity contribution < 1.29 is 0 Å². The molecule has 0 radical (unpaired) electrons. The average molecular weight is 450 g/mol. The highest BCUT2D eigenvalue weighted by Gasteiger charge is 2.20. The van der Waals surface area contributed by atoms with E-state index in [1.807, 2.05) is 17.5 Å². The molecule has 3 heteroatoms. The molecular formula is C29H23NS2. The van der Waals surface area contributed by atoms with E-state index in [4.69, 9.17) is 4.98 Å². The molecule has 0 atom stereocenters. The van der Waals surface area contributed by atoms with Crippen molar-refractivity contribution in [2.75, 3.05) is 0 Å². The summed E-state index contributed by atoms with van der Waals surface area (Å²) in [7, 11) is 0. The molecule has 32 heavy (non-hydrogen) atoms. The maximum absolute atomic E-state index is 4.88. The highest BCUT2D eigenvalue weighted by molar-refractivity contribution is 7.23. The molecule has 0 N–H and O–H groups in total. The van der Waals surface area contributed by atoms with Crippen molar-refractivity contribution in [2.24, 2.45) is 0 Å². The number of aromatic nitrogens is 1. The van der Waals surface area contributed by atoms with Crippen LogP contribution in [0.5, 0.6) is 0 Å². The van der Waals surface area contributed by atoms with Crippen molar-refractivity contribution in [3.8, 4) is 21.7 Å². The van der Waals surface area contributed by atoms with Gasteiger partial charge < -0.3 is 0 Å². The van der Waals surface area contributed by atoms with Crippen LogP contribution in [0.3, 0.4) is 0 Å². The van der Waals surface area contributed by atoms with Crippen LogP contribution in [0.15, 0.2) is 84.4 Å². The van der Waals surface area contributed by atoms with Gasteiger partial charge in [0.2, 0.25) is 0 Å². The minimum atomic E-state index is 0.0543. The first-order valence-corrected chi connectivity index (χ1v) is 12.6. The summed E-state index contributed by atoms with van der Waals surface area (Å²) in [6.45, 7) is 6.87. The monoisotopic (exact) mass is 449 g/mol. The second-order valence-corrected chi connectivity index (χ2v) is 11.3. The molecule has 156 valence electrons. The lowest BCUT2D eigenvalue weighted by atomic mass is 9.82. The van der Waals surface area contributed by atoms with Gasteiger partial charge in [-0.05, 0) is 68.9 Å². The van der Waals surface area contributed by atoms with E-state index >= 15 is 0 Å². The number of hydrogen-bond acceptors (Lipinski definition) is 3. The Kier molecular flexibility index (Phi) is 4.46. The molecule has 0 aliphatic rings. The molecule has 0 saturated heterocycles. The second kappa shape index (κ2) is 7.26. The lowest BCUT2D eigenvalue weighted by Gasteiger charge is -2.22. The predicted molar refractivity (Wildman–Crippen MR) is 142 cm³/mol. The lowest BCUT2D eigenvalue weighted by molar-refractivity contribution is 0.596. The third kappa shape index (κ3) is 3.16. The van der Waals surface area contributed by atoms with Crippen LogP contribution < -0.4 is 0 Å². The summed E-state index contributed by atoms with van der Waals surface area (Å²) in [6, 6.07) is 26.6. The zero-order valence-electron chi connectivity index (χ0n) is 18.3. The van der Waals surface area contributed by atoms with Gasteiger partial charge in [-0.3, -0.25) is 4.98 Å². The van der Waals surface area contributed by atoms with Crippen LogP contribution in [-0.2, 0) is 5.41 Å². The predicted octanol–water partition coefficient (Wildman–Crippen LogP) is 9.30. The molecule has 0 aliphatic carbocycles. The van der Waals surface area contributed by atoms with E-state index in [0.29, 0.717) is 0 Å². The van der Waals surface area contributed by atoms with Crippen molar-refractivity contribution in [3.63, 3.8) is 0 Å². The zero-order valence-corrected chi connectivity index (χ0v) is 20.0. The van der Waals surface area contributed by atoms with Gasteiger partial charge in [-0.2, -0.15) is 0 Å². The first-order valence-electron chi connectivity index (χ1n) is 10.9. The van der Waals surface area contributed by atoms with Crippen LogP contribution in [0, 0.1) is 0 Å². The summed E-state index contributed by atoms with van der Waals surface area (Å²) in [4.78, 5) is 6.18. The van der Waals surface area contributed by atoms with Crippen LogP contribution in [0.4, 0.5) is 0 Å². The number of nitrogens with zero attached hydrogens (tertiary/aromatic N) is 1. The SMILES string of the molecule is CC(C)(C)c1cc(-c2nccc3cc(-c4cccc5sccc45)sc23)cc2ccccc12. The number of pyridine rings is 1. The largest absolute Gasteiger partial charge is 0.255 e. The van der Waals surface area contributed by atoms with E-state index in [1.165, 1.54) is 52.5 Å². The van der Waals surface area contributed by atoms with Crippen LogP contribution in [0.25, 0.3) is 52.6 Å². The Morgan fingerprint density at radius 2 is 1.66 bits per heavy atom. The molecule has 0 unspecified atom stereocenters. The van der Waals surface area contributed by atoms with E-state index in [1.54, 1.807) is 11.3 Å². The van der Waals surface area contributed by atoms with Crippen LogP contribution in [0.1, 0.15) is 26.3 Å². The lowest BCUT2D eigenvalue weighted by Crippen LogP contribution is -2.12. The van der Waals surface area contributed by atoms with Gasteiger partial charge in [0.15, 0.2) is 0 Å². The summed E-state index contributed by atoms with van der Waals surface area (Å²) in [5.74, 6) is 0. The Morgan fingerprint density at radius 3 is 2.53 bits per heavy atom. The average Bonchev–Trinajstić information content (AvgIpc) is 3.44. The molecule has 0 fully saturated rings. The topological polar surface area (TPSA) is 12.9 Å². The van der Waals surface area contributed by atoms with E-state index in [-0.39, 0.29) is 5.41 Å². The molecule has 0 saturated carbocycles. The van der Waals surface area contributed by atoms with Gasteiger partial charge >= 0.3 is 0 Å². The third-order valence-corrected chi connectivity index (χ3v) is 8.21. The maximum atomic E-state index is 4.88. The Bertz CT molecular complexity index is 1610. The highest BCUT2D eigenvalue weighted by Crippen LogP contribution is 2.42. The molecule has 0 aliphatic heterocycles. The molecule has 3 aromatic carbocycles.